The molecule has 3 aromatic rings. The molecule has 0 bridgehead atoms. The first-order valence-electron chi connectivity index (χ1n) is 5.66. The molecule has 90 valence electrons. The Morgan fingerprint density at radius 1 is 1.39 bits per heavy atom. The number of hydrogen-bond donors (Lipinski definition) is 0. The van der Waals surface area contributed by atoms with Gasteiger partial charge in [-0.2, -0.15) is 0 Å². The molecule has 0 aliphatic carbocycles. The SMILES string of the molecule is Cc1ncc(-c2cc(C=O)c3occc3c2)n1C. The van der Waals surface area contributed by atoms with Crippen LogP contribution in [0.1, 0.15) is 16.2 Å². The first kappa shape index (κ1) is 10.8. The molecule has 0 spiro atoms. The van der Waals surface area contributed by atoms with E-state index >= 15 is 0 Å². The third kappa shape index (κ3) is 1.46. The van der Waals surface area contributed by atoms with Gasteiger partial charge in [-0.05, 0) is 25.1 Å². The van der Waals surface area contributed by atoms with Crippen LogP contribution in [0.2, 0.25) is 0 Å². The highest BCUT2D eigenvalue weighted by Gasteiger charge is 2.11. The summed E-state index contributed by atoms with van der Waals surface area (Å²) < 4.78 is 7.31. The van der Waals surface area contributed by atoms with E-state index in [1.54, 1.807) is 6.26 Å². The fraction of sp³-hybridized carbons (Fsp3) is 0.143. The van der Waals surface area contributed by atoms with E-state index in [1.807, 2.05) is 42.9 Å². The summed E-state index contributed by atoms with van der Waals surface area (Å²) in [5.74, 6) is 0.935. The van der Waals surface area contributed by atoms with Gasteiger partial charge in [-0.1, -0.05) is 0 Å². The number of nitrogens with zero attached hydrogens (tertiary/aromatic N) is 2. The molecule has 0 aliphatic heterocycles. The zero-order chi connectivity index (χ0) is 12.7. The summed E-state index contributed by atoms with van der Waals surface area (Å²) in [7, 11) is 1.96. The lowest BCUT2D eigenvalue weighted by Gasteiger charge is -2.05. The molecule has 0 unspecified atom stereocenters. The number of imidazole rings is 1. The zero-order valence-corrected chi connectivity index (χ0v) is 10.2. The molecule has 0 aliphatic rings. The second-order valence-corrected chi connectivity index (χ2v) is 4.27. The first-order valence-corrected chi connectivity index (χ1v) is 5.66. The first-order chi connectivity index (χ1) is 8.70. The number of furan rings is 1. The van der Waals surface area contributed by atoms with E-state index in [0.29, 0.717) is 11.1 Å². The van der Waals surface area contributed by atoms with Crippen molar-refractivity contribution >= 4 is 17.3 Å². The Kier molecular flexibility index (Phi) is 2.30. The van der Waals surface area contributed by atoms with E-state index in [4.69, 9.17) is 4.42 Å². The van der Waals surface area contributed by atoms with Gasteiger partial charge in [0.1, 0.15) is 11.4 Å². The molecule has 0 saturated carbocycles. The van der Waals surface area contributed by atoms with Gasteiger partial charge in [0.2, 0.25) is 0 Å². The van der Waals surface area contributed by atoms with Crippen LogP contribution >= 0.6 is 0 Å². The Morgan fingerprint density at radius 2 is 2.22 bits per heavy atom. The number of carbonyl (C=O) groups is 1. The number of aldehydes is 1. The average molecular weight is 240 g/mol. The zero-order valence-electron chi connectivity index (χ0n) is 10.2. The Hall–Kier alpha value is -2.36. The Morgan fingerprint density at radius 3 is 2.89 bits per heavy atom. The van der Waals surface area contributed by atoms with Crippen LogP contribution in [0, 0.1) is 6.92 Å². The van der Waals surface area contributed by atoms with Crippen molar-refractivity contribution in [2.75, 3.05) is 0 Å². The van der Waals surface area contributed by atoms with Crippen molar-refractivity contribution in [3.63, 3.8) is 0 Å². The predicted octanol–water partition coefficient (Wildman–Crippen LogP) is 2.95. The minimum absolute atomic E-state index is 0.561. The van der Waals surface area contributed by atoms with Crippen molar-refractivity contribution in [2.24, 2.45) is 7.05 Å². The normalized spacial score (nSPS) is 11.0. The standard InChI is InChI=1S/C14H12N2O2/c1-9-15-7-13(16(9)2)11-5-10-3-4-18-14(10)12(6-11)8-17/h3-8H,1-2H3. The topological polar surface area (TPSA) is 48.0 Å². The van der Waals surface area contributed by atoms with E-state index in [9.17, 15) is 4.79 Å². The fourth-order valence-corrected chi connectivity index (χ4v) is 2.12. The lowest BCUT2D eigenvalue weighted by atomic mass is 10.1. The highest BCUT2D eigenvalue weighted by molar-refractivity contribution is 5.97. The Bertz CT molecular complexity index is 737. The predicted molar refractivity (Wildman–Crippen MR) is 68.5 cm³/mol. The average Bonchev–Trinajstić information content (AvgIpc) is 2.96. The van der Waals surface area contributed by atoms with E-state index in [1.165, 1.54) is 0 Å². The van der Waals surface area contributed by atoms with Gasteiger partial charge in [0.05, 0.1) is 23.7 Å². The van der Waals surface area contributed by atoms with Gasteiger partial charge in [-0.15, -0.1) is 0 Å². The molecular formula is C14H12N2O2. The van der Waals surface area contributed by atoms with Crippen molar-refractivity contribution in [3.8, 4) is 11.3 Å². The minimum Gasteiger partial charge on any atom is -0.464 e. The van der Waals surface area contributed by atoms with Crippen LogP contribution in [0.4, 0.5) is 0 Å². The summed E-state index contributed by atoms with van der Waals surface area (Å²) >= 11 is 0. The van der Waals surface area contributed by atoms with Crippen molar-refractivity contribution in [2.45, 2.75) is 6.92 Å². The van der Waals surface area contributed by atoms with Gasteiger partial charge in [0.25, 0.3) is 0 Å². The van der Waals surface area contributed by atoms with Crippen LogP contribution in [0.25, 0.3) is 22.2 Å². The number of rotatable bonds is 2. The highest BCUT2D eigenvalue weighted by Crippen LogP contribution is 2.27. The summed E-state index contributed by atoms with van der Waals surface area (Å²) in [4.78, 5) is 15.4. The van der Waals surface area contributed by atoms with Crippen LogP contribution < -0.4 is 0 Å². The molecule has 4 heteroatoms. The molecule has 18 heavy (non-hydrogen) atoms. The van der Waals surface area contributed by atoms with Crippen LogP contribution in [0.5, 0.6) is 0 Å². The molecule has 0 radical (unpaired) electrons. The smallest absolute Gasteiger partial charge is 0.153 e. The molecule has 0 fully saturated rings. The third-order valence-electron chi connectivity index (χ3n) is 3.22. The van der Waals surface area contributed by atoms with Gasteiger partial charge < -0.3 is 8.98 Å². The van der Waals surface area contributed by atoms with Crippen molar-refractivity contribution in [1.29, 1.82) is 0 Å². The number of benzene rings is 1. The molecule has 2 heterocycles. The number of aryl methyl sites for hydroxylation is 1. The van der Waals surface area contributed by atoms with E-state index < -0.39 is 0 Å². The summed E-state index contributed by atoms with van der Waals surface area (Å²) in [5.41, 5.74) is 3.15. The molecule has 0 N–H and O–H groups in total. The lowest BCUT2D eigenvalue weighted by Crippen LogP contribution is -1.95. The number of hydrogen-bond acceptors (Lipinski definition) is 3. The Labute approximate surface area is 104 Å². The van der Waals surface area contributed by atoms with Crippen molar-refractivity contribution in [1.82, 2.24) is 9.55 Å². The molecule has 0 saturated heterocycles. The third-order valence-corrected chi connectivity index (χ3v) is 3.22. The summed E-state index contributed by atoms with van der Waals surface area (Å²) in [6.45, 7) is 1.94. The second-order valence-electron chi connectivity index (χ2n) is 4.27. The molecular weight excluding hydrogens is 228 g/mol. The number of carbonyl (C=O) groups excluding carboxylic acids is 1. The number of fused-ring (bicyclic) bond motifs is 1. The maximum atomic E-state index is 11.1. The highest BCUT2D eigenvalue weighted by atomic mass is 16.3. The van der Waals surface area contributed by atoms with Crippen LogP contribution in [0.3, 0.4) is 0 Å². The van der Waals surface area contributed by atoms with Gasteiger partial charge >= 0.3 is 0 Å². The Balaban J connectivity index is 2.29. The van der Waals surface area contributed by atoms with Crippen LogP contribution in [0.15, 0.2) is 35.1 Å². The van der Waals surface area contributed by atoms with Gasteiger partial charge in [-0.25, -0.2) is 4.98 Å². The molecule has 0 atom stereocenters. The molecule has 1 aromatic carbocycles. The summed E-state index contributed by atoms with van der Waals surface area (Å²) in [5, 5.41) is 0.924. The van der Waals surface area contributed by atoms with Crippen molar-refractivity contribution < 1.29 is 9.21 Å². The summed E-state index contributed by atoms with van der Waals surface area (Å²) in [6.07, 6.45) is 4.22. The molecule has 4 nitrogen and oxygen atoms in total. The van der Waals surface area contributed by atoms with Crippen LogP contribution in [-0.4, -0.2) is 15.8 Å². The fourth-order valence-electron chi connectivity index (χ4n) is 2.12. The van der Waals surface area contributed by atoms with Gasteiger partial charge in [0.15, 0.2) is 6.29 Å². The molecule has 0 amide bonds. The largest absolute Gasteiger partial charge is 0.464 e. The monoisotopic (exact) mass is 240 g/mol. The maximum absolute atomic E-state index is 11.1. The molecule has 3 rings (SSSR count). The van der Waals surface area contributed by atoms with Crippen molar-refractivity contribution in [3.05, 3.63) is 42.0 Å². The second kappa shape index (κ2) is 3.84. The summed E-state index contributed by atoms with van der Waals surface area (Å²) in [6, 6.07) is 5.69. The number of aromatic nitrogens is 2. The van der Waals surface area contributed by atoms with Gasteiger partial charge in [0, 0.05) is 18.0 Å². The van der Waals surface area contributed by atoms with Gasteiger partial charge in [-0.3, -0.25) is 4.79 Å². The van der Waals surface area contributed by atoms with E-state index in [-0.39, 0.29) is 0 Å². The maximum Gasteiger partial charge on any atom is 0.153 e. The quantitative estimate of drug-likeness (QED) is 0.647. The lowest BCUT2D eigenvalue weighted by molar-refractivity contribution is 0.112. The van der Waals surface area contributed by atoms with E-state index in [0.717, 1.165) is 28.8 Å². The van der Waals surface area contributed by atoms with E-state index in [2.05, 4.69) is 4.98 Å². The minimum atomic E-state index is 0.561. The van der Waals surface area contributed by atoms with Crippen LogP contribution in [-0.2, 0) is 7.05 Å². The molecule has 2 aromatic heterocycles.